The van der Waals surface area contributed by atoms with Crippen LogP contribution in [0.3, 0.4) is 0 Å². The van der Waals surface area contributed by atoms with Gasteiger partial charge in [-0.25, -0.2) is 0 Å². The van der Waals surface area contributed by atoms with Gasteiger partial charge in [-0.05, 0) is 53.7 Å². The molecule has 2 heterocycles. The van der Waals surface area contributed by atoms with Gasteiger partial charge in [0.2, 0.25) is 0 Å². The summed E-state index contributed by atoms with van der Waals surface area (Å²) in [5, 5.41) is 0. The monoisotopic (exact) mass is 352 g/mol. The van der Waals surface area contributed by atoms with Crippen LogP contribution >= 0.6 is 43.2 Å². The summed E-state index contributed by atoms with van der Waals surface area (Å²) in [5.74, 6) is 0. The third kappa shape index (κ3) is 3.05. The first-order chi connectivity index (χ1) is 7.16. The fourth-order valence-corrected chi connectivity index (χ4v) is 4.77. The summed E-state index contributed by atoms with van der Waals surface area (Å²) in [6.07, 6.45) is 3.97. The van der Waals surface area contributed by atoms with Crippen LogP contribution in [0.1, 0.15) is 34.5 Å². The fraction of sp³-hybridized carbons (Fsp3) is 0.636. The third-order valence-electron chi connectivity index (χ3n) is 2.76. The van der Waals surface area contributed by atoms with E-state index in [9.17, 15) is 0 Å². The van der Waals surface area contributed by atoms with Crippen LogP contribution in [0.25, 0.3) is 0 Å². The highest BCUT2D eigenvalue weighted by Gasteiger charge is 2.22. The van der Waals surface area contributed by atoms with Gasteiger partial charge in [-0.2, -0.15) is 0 Å². The molecule has 1 aliphatic heterocycles. The van der Waals surface area contributed by atoms with Crippen molar-refractivity contribution in [2.75, 3.05) is 6.61 Å². The molecule has 1 fully saturated rings. The Morgan fingerprint density at radius 3 is 3.00 bits per heavy atom. The Balaban J connectivity index is 2.00. The normalized spacial score (nSPS) is 23.3. The molecule has 2 unspecified atom stereocenters. The Labute approximate surface area is 111 Å². The van der Waals surface area contributed by atoms with Gasteiger partial charge in [-0.15, -0.1) is 11.3 Å². The molecule has 1 aliphatic rings. The summed E-state index contributed by atoms with van der Waals surface area (Å²) in [7, 11) is 0. The Hall–Kier alpha value is 0.620. The molecule has 0 saturated carbocycles. The van der Waals surface area contributed by atoms with E-state index in [0.29, 0.717) is 10.9 Å². The Morgan fingerprint density at radius 2 is 2.47 bits per heavy atom. The molecule has 1 aromatic heterocycles. The minimum Gasteiger partial charge on any atom is -0.378 e. The molecule has 0 aliphatic carbocycles. The molecule has 0 radical (unpaired) electrons. The lowest BCUT2D eigenvalue weighted by Gasteiger charge is -2.14. The number of hydrogen-bond donors (Lipinski definition) is 0. The van der Waals surface area contributed by atoms with Gasteiger partial charge >= 0.3 is 0 Å². The quantitative estimate of drug-likeness (QED) is 0.707. The van der Waals surface area contributed by atoms with E-state index in [4.69, 9.17) is 4.74 Å². The van der Waals surface area contributed by atoms with E-state index >= 15 is 0 Å². The van der Waals surface area contributed by atoms with Gasteiger partial charge in [-0.1, -0.05) is 15.9 Å². The first-order valence-electron chi connectivity index (χ1n) is 5.18. The van der Waals surface area contributed by atoms with Crippen LogP contribution in [0.5, 0.6) is 0 Å². The zero-order valence-corrected chi connectivity index (χ0v) is 12.6. The Bertz CT molecular complexity index is 331. The molecule has 0 spiro atoms. The van der Waals surface area contributed by atoms with Crippen molar-refractivity contribution in [2.24, 2.45) is 0 Å². The number of hydrogen-bond acceptors (Lipinski definition) is 2. The van der Waals surface area contributed by atoms with Gasteiger partial charge in [0.25, 0.3) is 0 Å². The van der Waals surface area contributed by atoms with Crippen molar-refractivity contribution in [3.05, 3.63) is 20.3 Å². The zero-order valence-electron chi connectivity index (χ0n) is 8.63. The number of alkyl halides is 1. The van der Waals surface area contributed by atoms with Crippen LogP contribution in [-0.2, 0) is 4.74 Å². The summed E-state index contributed by atoms with van der Waals surface area (Å²) in [4.78, 5) is 1.82. The SMILES string of the molecule is Cc1sc(Br)cc1C(Br)CC1CCCO1. The molecule has 4 heteroatoms. The average molecular weight is 354 g/mol. The standard InChI is InChI=1S/C11H14Br2OS/c1-7-9(6-11(13)15-7)10(12)5-8-3-2-4-14-8/h6,8,10H,2-5H2,1H3. The second kappa shape index (κ2) is 5.30. The predicted octanol–water partition coefficient (Wildman–Crippen LogP) is 4.82. The molecule has 0 aromatic carbocycles. The molecule has 1 saturated heterocycles. The minimum atomic E-state index is 0.433. The zero-order chi connectivity index (χ0) is 10.8. The summed E-state index contributed by atoms with van der Waals surface area (Å²) in [5.41, 5.74) is 1.40. The molecular weight excluding hydrogens is 340 g/mol. The number of halogens is 2. The van der Waals surface area contributed by atoms with Crippen LogP contribution in [0.15, 0.2) is 9.85 Å². The van der Waals surface area contributed by atoms with Crippen LogP contribution in [0, 0.1) is 6.92 Å². The van der Waals surface area contributed by atoms with Crippen LogP contribution in [0.4, 0.5) is 0 Å². The summed E-state index contributed by atoms with van der Waals surface area (Å²) < 4.78 is 6.87. The lowest BCUT2D eigenvalue weighted by atomic mass is 10.1. The molecule has 84 valence electrons. The van der Waals surface area contributed by atoms with Gasteiger partial charge in [0, 0.05) is 16.3 Å². The second-order valence-corrected chi connectivity index (χ2v) is 7.64. The van der Waals surface area contributed by atoms with E-state index in [1.54, 1.807) is 11.3 Å². The van der Waals surface area contributed by atoms with Gasteiger partial charge in [0.05, 0.1) is 9.89 Å². The number of rotatable bonds is 3. The maximum atomic E-state index is 5.65. The first-order valence-corrected chi connectivity index (χ1v) is 7.71. The number of ether oxygens (including phenoxy) is 1. The van der Waals surface area contributed by atoms with E-state index in [1.165, 1.54) is 27.1 Å². The van der Waals surface area contributed by atoms with E-state index in [2.05, 4.69) is 44.8 Å². The first kappa shape index (κ1) is 12.1. The van der Waals surface area contributed by atoms with Crippen molar-refractivity contribution in [2.45, 2.75) is 37.1 Å². The van der Waals surface area contributed by atoms with E-state index < -0.39 is 0 Å². The topological polar surface area (TPSA) is 9.23 Å². The van der Waals surface area contributed by atoms with Gasteiger partial charge < -0.3 is 4.74 Å². The molecule has 0 N–H and O–H groups in total. The van der Waals surface area contributed by atoms with Gasteiger partial charge in [0.15, 0.2) is 0 Å². The highest BCUT2D eigenvalue weighted by Crippen LogP contribution is 2.38. The number of aryl methyl sites for hydroxylation is 1. The maximum absolute atomic E-state index is 5.65. The van der Waals surface area contributed by atoms with Gasteiger partial charge in [-0.3, -0.25) is 0 Å². The molecule has 2 atom stereocenters. The van der Waals surface area contributed by atoms with Crippen molar-refractivity contribution < 1.29 is 4.74 Å². The molecule has 2 rings (SSSR count). The smallest absolute Gasteiger partial charge is 0.0704 e. The van der Waals surface area contributed by atoms with Gasteiger partial charge in [0.1, 0.15) is 0 Å². The average Bonchev–Trinajstić information content (AvgIpc) is 2.75. The van der Waals surface area contributed by atoms with Crippen LogP contribution in [-0.4, -0.2) is 12.7 Å². The van der Waals surface area contributed by atoms with Crippen molar-refractivity contribution in [1.82, 2.24) is 0 Å². The molecule has 1 aromatic rings. The van der Waals surface area contributed by atoms with Crippen molar-refractivity contribution in [1.29, 1.82) is 0 Å². The highest BCUT2D eigenvalue weighted by molar-refractivity contribution is 9.11. The Morgan fingerprint density at radius 1 is 1.67 bits per heavy atom. The lowest BCUT2D eigenvalue weighted by molar-refractivity contribution is 0.104. The van der Waals surface area contributed by atoms with Crippen LogP contribution in [0.2, 0.25) is 0 Å². The lowest BCUT2D eigenvalue weighted by Crippen LogP contribution is -2.08. The molecule has 0 amide bonds. The van der Waals surface area contributed by atoms with Crippen molar-refractivity contribution in [3.8, 4) is 0 Å². The van der Waals surface area contributed by atoms with Crippen molar-refractivity contribution >= 4 is 43.2 Å². The van der Waals surface area contributed by atoms with Crippen molar-refractivity contribution in [3.63, 3.8) is 0 Å². The summed E-state index contributed by atoms with van der Waals surface area (Å²) >= 11 is 9.10. The Kier molecular flexibility index (Phi) is 4.27. The van der Waals surface area contributed by atoms with Crippen LogP contribution < -0.4 is 0 Å². The number of thiophene rings is 1. The third-order valence-corrected chi connectivity index (χ3v) is 5.19. The van der Waals surface area contributed by atoms with E-state index in [1.807, 2.05) is 0 Å². The largest absolute Gasteiger partial charge is 0.378 e. The summed E-state index contributed by atoms with van der Waals surface area (Å²) in [6, 6.07) is 2.22. The molecule has 15 heavy (non-hydrogen) atoms. The van der Waals surface area contributed by atoms with E-state index in [0.717, 1.165) is 13.0 Å². The fourth-order valence-electron chi connectivity index (χ4n) is 1.96. The molecule has 0 bridgehead atoms. The highest BCUT2D eigenvalue weighted by atomic mass is 79.9. The minimum absolute atomic E-state index is 0.433. The molecule has 1 nitrogen and oxygen atoms in total. The summed E-state index contributed by atoms with van der Waals surface area (Å²) in [6.45, 7) is 3.12. The maximum Gasteiger partial charge on any atom is 0.0704 e. The van der Waals surface area contributed by atoms with E-state index in [-0.39, 0.29) is 0 Å². The predicted molar refractivity (Wildman–Crippen MR) is 72.0 cm³/mol. The molecular formula is C11H14Br2OS. The second-order valence-electron chi connectivity index (χ2n) is 3.90.